The number of nitrogens with one attached hydrogen (secondary N) is 2. The van der Waals surface area contributed by atoms with Crippen LogP contribution < -0.4 is 16.5 Å². The van der Waals surface area contributed by atoms with E-state index in [1.54, 1.807) is 0 Å². The first-order valence-corrected chi connectivity index (χ1v) is 9.41. The number of nitrogens with two attached hydrogens (primary N) is 1. The lowest BCUT2D eigenvalue weighted by Gasteiger charge is -2.32. The largest absolute Gasteiger partial charge is 0.338 e. The predicted molar refractivity (Wildman–Crippen MR) is 115 cm³/mol. The Hall–Kier alpha value is -3.37. The highest BCUT2D eigenvalue weighted by molar-refractivity contribution is 7.80. The van der Waals surface area contributed by atoms with Crippen molar-refractivity contribution >= 4 is 28.9 Å². The number of amides is 2. The fourth-order valence-corrected chi connectivity index (χ4v) is 2.68. The van der Waals surface area contributed by atoms with Gasteiger partial charge < -0.3 is 11.1 Å². The normalized spacial score (nSPS) is 15.4. The molecule has 2 amide bonds. The summed E-state index contributed by atoms with van der Waals surface area (Å²) in [4.78, 5) is 24.8. The maximum Gasteiger partial charge on any atom is 0.268 e. The first kappa shape index (κ1) is 23.9. The van der Waals surface area contributed by atoms with E-state index in [0.29, 0.717) is 12.0 Å². The van der Waals surface area contributed by atoms with Gasteiger partial charge in [-0.1, -0.05) is 36.2 Å². The maximum absolute atomic E-state index is 13.2. The summed E-state index contributed by atoms with van der Waals surface area (Å²) in [5, 5.41) is 10.9. The average Bonchev–Trinajstić information content (AvgIpc) is 2.75. The molecule has 0 spiro atoms. The molecule has 1 aromatic carbocycles. The minimum atomic E-state index is -3.14. The van der Waals surface area contributed by atoms with Crippen LogP contribution in [0.2, 0.25) is 0 Å². The zero-order chi connectivity index (χ0) is 23.0. The molecule has 1 aliphatic carbocycles. The molecule has 0 saturated carbocycles. The third-order valence-electron chi connectivity index (χ3n) is 4.36. The molecule has 2 atom stereocenters. The van der Waals surface area contributed by atoms with Gasteiger partial charge in [-0.15, -0.1) is 0 Å². The van der Waals surface area contributed by atoms with Gasteiger partial charge in [-0.25, -0.2) is 14.3 Å². The maximum atomic E-state index is 13.2. The van der Waals surface area contributed by atoms with Gasteiger partial charge in [0.05, 0.1) is 0 Å². The molecular formula is C22H19F2N3O3S. The van der Waals surface area contributed by atoms with Crippen LogP contribution in [0.1, 0.15) is 29.3 Å². The number of hydrogen-bond donors (Lipinski definition) is 4. The quantitative estimate of drug-likeness (QED) is 0.241. The molecule has 0 bridgehead atoms. The van der Waals surface area contributed by atoms with Crippen LogP contribution in [0, 0.1) is 23.7 Å². The number of benzene rings is 1. The third kappa shape index (κ3) is 6.30. The van der Waals surface area contributed by atoms with E-state index in [2.05, 4.69) is 29.0 Å². The second kappa shape index (κ2) is 10.6. The van der Waals surface area contributed by atoms with Crippen molar-refractivity contribution < 1.29 is 23.6 Å². The SMILES string of the molecule is CC(N)(C(F)F)C(NC(=O)c1ccc(C#CC#CC2=CC=CCC2=S)cc1)C(=O)NO. The van der Waals surface area contributed by atoms with E-state index in [1.807, 2.05) is 18.2 Å². The Morgan fingerprint density at radius 3 is 2.45 bits per heavy atom. The van der Waals surface area contributed by atoms with Crippen LogP contribution in [0.5, 0.6) is 0 Å². The fraction of sp³-hybridized carbons (Fsp3) is 0.227. The number of allylic oxidation sites excluding steroid dienone is 4. The van der Waals surface area contributed by atoms with Crippen LogP contribution >= 0.6 is 12.2 Å². The summed E-state index contributed by atoms with van der Waals surface area (Å²) in [5.41, 5.74) is 5.70. The van der Waals surface area contributed by atoms with Crippen molar-refractivity contribution in [1.82, 2.24) is 10.8 Å². The van der Waals surface area contributed by atoms with Crippen LogP contribution in [0.15, 0.2) is 48.1 Å². The van der Waals surface area contributed by atoms with Gasteiger partial charge in [0, 0.05) is 28.0 Å². The van der Waals surface area contributed by atoms with E-state index in [0.717, 1.165) is 17.4 Å². The number of carbonyl (C=O) groups is 2. The van der Waals surface area contributed by atoms with Gasteiger partial charge in [0.25, 0.3) is 18.2 Å². The highest BCUT2D eigenvalue weighted by atomic mass is 32.1. The third-order valence-corrected chi connectivity index (χ3v) is 4.74. The Kier molecular flexibility index (Phi) is 8.17. The Balaban J connectivity index is 2.10. The van der Waals surface area contributed by atoms with Crippen molar-refractivity contribution in [3.8, 4) is 23.7 Å². The van der Waals surface area contributed by atoms with E-state index in [9.17, 15) is 18.4 Å². The standard InChI is InChI=1S/C22H19F2N3O3S/c1-22(25,21(23)24)18(20(29)27-30)26-19(28)16-12-10-14(11-13-16)6-2-3-7-15-8-4-5-9-17(15)31/h4-5,8,10-13,18,21,30H,9,25H2,1H3,(H,26,28)(H,27,29). The van der Waals surface area contributed by atoms with Crippen LogP contribution in [0.3, 0.4) is 0 Å². The summed E-state index contributed by atoms with van der Waals surface area (Å²) in [6.07, 6.45) is 3.17. The first-order valence-electron chi connectivity index (χ1n) is 9.00. The van der Waals surface area contributed by atoms with E-state index >= 15 is 0 Å². The summed E-state index contributed by atoms with van der Waals surface area (Å²) in [6.45, 7) is 0.893. The van der Waals surface area contributed by atoms with Gasteiger partial charge in [-0.2, -0.15) is 0 Å². The minimum absolute atomic E-state index is 0.0851. The number of hydroxylamine groups is 1. The van der Waals surface area contributed by atoms with Crippen molar-refractivity contribution in [2.45, 2.75) is 31.4 Å². The molecule has 2 unspecified atom stereocenters. The number of halogens is 2. The highest BCUT2D eigenvalue weighted by Gasteiger charge is 2.44. The molecule has 0 fully saturated rings. The fourth-order valence-electron chi connectivity index (χ4n) is 2.47. The average molecular weight is 443 g/mol. The number of rotatable bonds is 5. The second-order valence-corrected chi connectivity index (χ2v) is 7.26. The summed E-state index contributed by atoms with van der Waals surface area (Å²) in [6, 6.07) is 4.01. The Morgan fingerprint density at radius 1 is 1.23 bits per heavy atom. The molecule has 1 aliphatic rings. The molecule has 1 aromatic rings. The summed E-state index contributed by atoms with van der Waals surface area (Å²) in [7, 11) is 0. The Morgan fingerprint density at radius 2 is 1.87 bits per heavy atom. The summed E-state index contributed by atoms with van der Waals surface area (Å²) >= 11 is 5.20. The van der Waals surface area contributed by atoms with Gasteiger partial charge in [0.2, 0.25) is 0 Å². The van der Waals surface area contributed by atoms with E-state index in [4.69, 9.17) is 23.2 Å². The van der Waals surface area contributed by atoms with Gasteiger partial charge in [0.1, 0.15) is 11.6 Å². The van der Waals surface area contributed by atoms with Crippen LogP contribution in [0.25, 0.3) is 0 Å². The van der Waals surface area contributed by atoms with Crippen molar-refractivity contribution in [2.24, 2.45) is 5.73 Å². The molecule has 0 aliphatic heterocycles. The molecule has 0 saturated heterocycles. The molecule has 2 rings (SSSR count). The lowest BCUT2D eigenvalue weighted by Crippen LogP contribution is -2.66. The van der Waals surface area contributed by atoms with Crippen molar-refractivity contribution in [3.05, 3.63) is 59.2 Å². The number of thiocarbonyl (C=S) groups is 1. The van der Waals surface area contributed by atoms with Crippen LogP contribution in [0.4, 0.5) is 8.78 Å². The van der Waals surface area contributed by atoms with Crippen molar-refractivity contribution in [3.63, 3.8) is 0 Å². The highest BCUT2D eigenvalue weighted by Crippen LogP contribution is 2.18. The van der Waals surface area contributed by atoms with E-state index in [1.165, 1.54) is 29.7 Å². The monoisotopic (exact) mass is 443 g/mol. The zero-order valence-electron chi connectivity index (χ0n) is 16.4. The Bertz CT molecular complexity index is 1060. The molecule has 0 radical (unpaired) electrons. The number of carbonyl (C=O) groups excluding carboxylic acids is 2. The molecule has 0 aromatic heterocycles. The van der Waals surface area contributed by atoms with Crippen molar-refractivity contribution in [2.75, 3.05) is 0 Å². The zero-order valence-corrected chi connectivity index (χ0v) is 17.2. The van der Waals surface area contributed by atoms with Gasteiger partial charge in [0.15, 0.2) is 0 Å². The summed E-state index contributed by atoms with van der Waals surface area (Å²) < 4.78 is 26.3. The second-order valence-electron chi connectivity index (χ2n) is 6.76. The first-order chi connectivity index (χ1) is 14.7. The minimum Gasteiger partial charge on any atom is -0.338 e. The lowest BCUT2D eigenvalue weighted by atomic mass is 9.92. The molecule has 0 heterocycles. The molecule has 5 N–H and O–H groups in total. The van der Waals surface area contributed by atoms with Gasteiger partial charge in [-0.05, 0) is 49.1 Å². The van der Waals surface area contributed by atoms with Gasteiger partial charge >= 0.3 is 0 Å². The topological polar surface area (TPSA) is 104 Å². The number of alkyl halides is 2. The van der Waals surface area contributed by atoms with Crippen molar-refractivity contribution in [1.29, 1.82) is 0 Å². The van der Waals surface area contributed by atoms with E-state index in [-0.39, 0.29) is 5.56 Å². The summed E-state index contributed by atoms with van der Waals surface area (Å²) in [5.74, 6) is 9.01. The predicted octanol–water partition coefficient (Wildman–Crippen LogP) is 1.88. The molecule has 31 heavy (non-hydrogen) atoms. The Labute approximate surface area is 183 Å². The smallest absolute Gasteiger partial charge is 0.268 e. The molecular weight excluding hydrogens is 424 g/mol. The number of hydrogen-bond acceptors (Lipinski definition) is 5. The van der Waals surface area contributed by atoms with E-state index < -0.39 is 29.8 Å². The van der Waals surface area contributed by atoms with Gasteiger partial charge in [-0.3, -0.25) is 14.8 Å². The molecule has 9 heteroatoms. The lowest BCUT2D eigenvalue weighted by molar-refractivity contribution is -0.134. The van der Waals surface area contributed by atoms with Crippen LogP contribution in [-0.4, -0.2) is 39.9 Å². The molecule has 160 valence electrons. The molecule has 6 nitrogen and oxygen atoms in total. The van der Waals surface area contributed by atoms with Crippen LogP contribution in [-0.2, 0) is 4.79 Å².